The van der Waals surface area contributed by atoms with Gasteiger partial charge in [-0.1, -0.05) is 18.2 Å². The van der Waals surface area contributed by atoms with E-state index in [1.165, 1.54) is 6.42 Å². The molecule has 3 atom stereocenters. The lowest BCUT2D eigenvalue weighted by Crippen LogP contribution is -2.54. The molecule has 2 heterocycles. The number of anilines is 2. The van der Waals surface area contributed by atoms with Crippen LogP contribution >= 0.6 is 0 Å². The molecule has 4 amide bonds. The molecule has 0 spiro atoms. The molecule has 1 aliphatic carbocycles. The predicted molar refractivity (Wildman–Crippen MR) is 135 cm³/mol. The fourth-order valence-corrected chi connectivity index (χ4v) is 4.97. The largest absolute Gasteiger partial charge is 0.490 e. The first-order valence-electron chi connectivity index (χ1n) is 12.6. The molecule has 1 saturated carbocycles. The van der Waals surface area contributed by atoms with E-state index >= 15 is 0 Å². The van der Waals surface area contributed by atoms with Gasteiger partial charge in [0.15, 0.2) is 0 Å². The molecule has 0 aromatic heterocycles. The predicted octanol–water partition coefficient (Wildman–Crippen LogP) is 3.77. The van der Waals surface area contributed by atoms with E-state index in [0.29, 0.717) is 41.6 Å². The minimum absolute atomic E-state index is 0.0287. The minimum Gasteiger partial charge on any atom is -0.490 e. The Hall–Kier alpha value is -3.59. The zero-order valence-corrected chi connectivity index (χ0v) is 20.4. The highest BCUT2D eigenvalue weighted by Crippen LogP contribution is 2.32. The van der Waals surface area contributed by atoms with Crippen LogP contribution < -0.4 is 20.7 Å². The molecule has 0 bridgehead atoms. The van der Waals surface area contributed by atoms with Gasteiger partial charge in [0.1, 0.15) is 18.5 Å². The Morgan fingerprint density at radius 1 is 1.00 bits per heavy atom. The maximum Gasteiger partial charge on any atom is 0.323 e. The zero-order chi connectivity index (χ0) is 25.1. The van der Waals surface area contributed by atoms with Crippen molar-refractivity contribution in [3.8, 4) is 5.75 Å². The number of rotatable bonds is 5. The SMILES string of the molecule is CN1C(=O)c2cc(NC(=O)Nc3ccccc3)ccc2OC[C@H]2O[C@@H](CC(=O)NC3CCC3)CC[C@H]21. The highest BCUT2D eigenvalue weighted by Gasteiger charge is 2.39. The topological polar surface area (TPSA) is 109 Å². The van der Waals surface area contributed by atoms with E-state index < -0.39 is 6.03 Å². The van der Waals surface area contributed by atoms with Crippen molar-refractivity contribution in [2.45, 2.75) is 62.8 Å². The molecular weight excluding hydrogens is 460 g/mol. The third kappa shape index (κ3) is 5.46. The van der Waals surface area contributed by atoms with Crippen molar-refractivity contribution in [2.75, 3.05) is 24.3 Å². The number of amides is 4. The Morgan fingerprint density at radius 2 is 1.78 bits per heavy atom. The second kappa shape index (κ2) is 10.6. The number of urea groups is 1. The molecule has 2 aromatic carbocycles. The summed E-state index contributed by atoms with van der Waals surface area (Å²) in [4.78, 5) is 39.9. The summed E-state index contributed by atoms with van der Waals surface area (Å²) in [5, 5.41) is 8.61. The Bertz CT molecular complexity index is 1120. The van der Waals surface area contributed by atoms with Gasteiger partial charge in [0.25, 0.3) is 5.91 Å². The molecule has 190 valence electrons. The lowest BCUT2D eigenvalue weighted by atomic mass is 9.92. The first-order chi connectivity index (χ1) is 17.5. The van der Waals surface area contributed by atoms with Crippen molar-refractivity contribution in [3.63, 3.8) is 0 Å². The number of nitrogens with one attached hydrogen (secondary N) is 3. The summed E-state index contributed by atoms with van der Waals surface area (Å²) >= 11 is 0. The number of fused-ring (bicyclic) bond motifs is 2. The summed E-state index contributed by atoms with van der Waals surface area (Å²) in [5.74, 6) is 0.269. The number of carbonyl (C=O) groups is 3. The second-order valence-electron chi connectivity index (χ2n) is 9.72. The fourth-order valence-electron chi connectivity index (χ4n) is 4.97. The van der Waals surface area contributed by atoms with Crippen molar-refractivity contribution in [1.29, 1.82) is 0 Å². The molecule has 2 aliphatic heterocycles. The quantitative estimate of drug-likeness (QED) is 0.589. The average molecular weight is 493 g/mol. The summed E-state index contributed by atoms with van der Waals surface area (Å²) < 4.78 is 12.3. The molecule has 5 rings (SSSR count). The van der Waals surface area contributed by atoms with E-state index in [1.807, 2.05) is 18.2 Å². The van der Waals surface area contributed by atoms with Crippen LogP contribution in [0.3, 0.4) is 0 Å². The van der Waals surface area contributed by atoms with Crippen molar-refractivity contribution >= 4 is 29.2 Å². The van der Waals surface area contributed by atoms with Crippen molar-refractivity contribution in [1.82, 2.24) is 10.2 Å². The molecule has 0 unspecified atom stereocenters. The molecule has 3 aliphatic rings. The summed E-state index contributed by atoms with van der Waals surface area (Å²) in [6.07, 6.45) is 4.52. The maximum atomic E-state index is 13.4. The van der Waals surface area contributed by atoms with Crippen molar-refractivity contribution in [3.05, 3.63) is 54.1 Å². The van der Waals surface area contributed by atoms with E-state index in [4.69, 9.17) is 9.47 Å². The molecule has 9 heteroatoms. The monoisotopic (exact) mass is 492 g/mol. The lowest BCUT2D eigenvalue weighted by molar-refractivity contribution is -0.135. The number of nitrogens with zero attached hydrogens (tertiary/aromatic N) is 1. The number of hydrogen-bond donors (Lipinski definition) is 3. The van der Waals surface area contributed by atoms with Crippen LogP contribution in [0.1, 0.15) is 48.9 Å². The van der Waals surface area contributed by atoms with Crippen molar-refractivity contribution in [2.24, 2.45) is 0 Å². The molecule has 36 heavy (non-hydrogen) atoms. The fraction of sp³-hybridized carbons (Fsp3) is 0.444. The summed E-state index contributed by atoms with van der Waals surface area (Å²) in [5.41, 5.74) is 1.54. The Morgan fingerprint density at radius 3 is 2.53 bits per heavy atom. The van der Waals surface area contributed by atoms with Gasteiger partial charge in [-0.15, -0.1) is 0 Å². The normalized spacial score (nSPS) is 23.6. The maximum absolute atomic E-state index is 13.4. The number of para-hydroxylation sites is 1. The Balaban J connectivity index is 1.23. The number of benzene rings is 2. The van der Waals surface area contributed by atoms with Crippen LogP contribution in [0.15, 0.2) is 48.5 Å². The van der Waals surface area contributed by atoms with Gasteiger partial charge in [0.2, 0.25) is 5.91 Å². The summed E-state index contributed by atoms with van der Waals surface area (Å²) in [6, 6.07) is 13.9. The standard InChI is InChI=1S/C27H32N4O5/c1-31-22-12-11-20(15-25(32)28-17-8-5-9-17)36-24(22)16-35-23-13-10-19(14-21(23)26(31)33)30-27(34)29-18-6-3-2-4-7-18/h2-4,6-7,10,13-14,17,20,22,24H,5,8-9,11-12,15-16H2,1H3,(H,28,32)(H2,29,30,34)/t20-,22-,24-/m1/s1. The third-order valence-electron chi connectivity index (χ3n) is 7.18. The van der Waals surface area contributed by atoms with Crippen molar-refractivity contribution < 1.29 is 23.9 Å². The number of hydrogen-bond acceptors (Lipinski definition) is 5. The van der Waals surface area contributed by atoms with Crippen LogP contribution in [0.2, 0.25) is 0 Å². The minimum atomic E-state index is -0.401. The smallest absolute Gasteiger partial charge is 0.323 e. The molecule has 3 N–H and O–H groups in total. The first kappa shape index (κ1) is 24.1. The van der Waals surface area contributed by atoms with Gasteiger partial charge < -0.3 is 30.3 Å². The molecular formula is C27H32N4O5. The van der Waals surface area contributed by atoms with Crippen LogP contribution in [-0.2, 0) is 9.53 Å². The van der Waals surface area contributed by atoms with Gasteiger partial charge >= 0.3 is 6.03 Å². The third-order valence-corrected chi connectivity index (χ3v) is 7.18. The zero-order valence-electron chi connectivity index (χ0n) is 20.4. The Labute approximate surface area is 210 Å². The van der Waals surface area contributed by atoms with Crippen LogP contribution in [0, 0.1) is 0 Å². The second-order valence-corrected chi connectivity index (χ2v) is 9.72. The average Bonchev–Trinajstić information content (AvgIpc) is 2.84. The lowest BCUT2D eigenvalue weighted by Gasteiger charge is -2.42. The van der Waals surface area contributed by atoms with Crippen LogP contribution in [-0.4, -0.2) is 60.7 Å². The highest BCUT2D eigenvalue weighted by atomic mass is 16.5. The first-order valence-corrected chi connectivity index (χ1v) is 12.6. The van der Waals surface area contributed by atoms with Gasteiger partial charge in [-0.25, -0.2) is 4.79 Å². The van der Waals surface area contributed by atoms with E-state index in [1.54, 1.807) is 42.3 Å². The number of likely N-dealkylation sites (N-methyl/N-ethyl adjacent to an activating group) is 1. The van der Waals surface area contributed by atoms with E-state index in [9.17, 15) is 14.4 Å². The molecule has 0 radical (unpaired) electrons. The van der Waals surface area contributed by atoms with Gasteiger partial charge in [0, 0.05) is 24.5 Å². The van der Waals surface area contributed by atoms with E-state index in [0.717, 1.165) is 19.3 Å². The summed E-state index contributed by atoms with van der Waals surface area (Å²) in [7, 11) is 1.77. The summed E-state index contributed by atoms with van der Waals surface area (Å²) in [6.45, 7) is 0.275. The molecule has 2 fully saturated rings. The van der Waals surface area contributed by atoms with Gasteiger partial charge in [-0.3, -0.25) is 9.59 Å². The number of ether oxygens (including phenoxy) is 2. The number of carbonyl (C=O) groups excluding carboxylic acids is 3. The Kier molecular flexibility index (Phi) is 7.09. The van der Waals surface area contributed by atoms with E-state index in [-0.39, 0.29) is 36.7 Å². The molecule has 2 aromatic rings. The van der Waals surface area contributed by atoms with Crippen LogP contribution in [0.25, 0.3) is 0 Å². The van der Waals surface area contributed by atoms with Crippen LogP contribution in [0.5, 0.6) is 5.75 Å². The van der Waals surface area contributed by atoms with Gasteiger partial charge in [0.05, 0.1) is 24.1 Å². The highest BCUT2D eigenvalue weighted by molar-refractivity contribution is 6.02. The molecule has 9 nitrogen and oxygen atoms in total. The molecule has 1 saturated heterocycles. The van der Waals surface area contributed by atoms with Gasteiger partial charge in [-0.05, 0) is 62.4 Å². The van der Waals surface area contributed by atoms with E-state index in [2.05, 4.69) is 16.0 Å². The van der Waals surface area contributed by atoms with Crippen LogP contribution in [0.4, 0.5) is 16.2 Å². The van der Waals surface area contributed by atoms with Gasteiger partial charge in [-0.2, -0.15) is 0 Å².